The van der Waals surface area contributed by atoms with Crippen LogP contribution in [0.5, 0.6) is 0 Å². The van der Waals surface area contributed by atoms with Crippen molar-refractivity contribution >= 4 is 16.1 Å². The van der Waals surface area contributed by atoms with Gasteiger partial charge < -0.3 is 5.32 Å². The summed E-state index contributed by atoms with van der Waals surface area (Å²) in [5.41, 5.74) is 0. The summed E-state index contributed by atoms with van der Waals surface area (Å²) in [5.74, 6) is 0. The van der Waals surface area contributed by atoms with Gasteiger partial charge in [-0.1, -0.05) is 18.2 Å². The van der Waals surface area contributed by atoms with Gasteiger partial charge in [-0.25, -0.2) is 17.9 Å². The number of hydrogen-bond donors (Lipinski definition) is 2. The molecule has 0 fully saturated rings. The fourth-order valence-electron chi connectivity index (χ4n) is 0.997. The first-order valence-corrected chi connectivity index (χ1v) is 6.11. The maximum Gasteiger partial charge on any atom is 0.405 e. The molecule has 0 aliphatic rings. The molecule has 0 saturated carbocycles. The Bertz CT molecular complexity index is 514. The Morgan fingerprint density at radius 1 is 1.17 bits per heavy atom. The second-order valence-corrected chi connectivity index (χ2v) is 4.90. The van der Waals surface area contributed by atoms with Gasteiger partial charge in [0.15, 0.2) is 0 Å². The molecule has 0 saturated heterocycles. The second-order valence-electron chi connectivity index (χ2n) is 3.22. The first-order valence-electron chi connectivity index (χ1n) is 4.63. The standard InChI is InChI=1S/C9H9F3N2O3S/c10-9(11,12)6-13-8(15)14-18(16,17)7-4-2-1-3-5-7/h1-5H,6H2,(H2,13,14,15). The number of amides is 2. The summed E-state index contributed by atoms with van der Waals surface area (Å²) in [5, 5.41) is 1.39. The third kappa shape index (κ3) is 4.62. The molecule has 0 atom stereocenters. The number of hydrogen-bond acceptors (Lipinski definition) is 3. The molecular formula is C9H9F3N2O3S. The van der Waals surface area contributed by atoms with E-state index in [1.54, 1.807) is 6.07 Å². The van der Waals surface area contributed by atoms with Crippen molar-refractivity contribution in [2.24, 2.45) is 0 Å². The number of carbonyl (C=O) groups excluding carboxylic acids is 1. The second kappa shape index (κ2) is 5.25. The number of alkyl halides is 3. The average molecular weight is 282 g/mol. The van der Waals surface area contributed by atoms with Gasteiger partial charge in [-0.2, -0.15) is 13.2 Å². The van der Waals surface area contributed by atoms with Crippen LogP contribution in [0.2, 0.25) is 0 Å². The molecule has 100 valence electrons. The SMILES string of the molecule is O=C(NCC(F)(F)F)NS(=O)(=O)c1ccccc1. The summed E-state index contributed by atoms with van der Waals surface area (Å²) in [6.45, 7) is -1.61. The van der Waals surface area contributed by atoms with E-state index in [1.165, 1.54) is 34.3 Å². The summed E-state index contributed by atoms with van der Waals surface area (Å²) in [4.78, 5) is 10.8. The van der Waals surface area contributed by atoms with E-state index in [0.717, 1.165) is 0 Å². The first kappa shape index (κ1) is 14.3. The highest BCUT2D eigenvalue weighted by Crippen LogP contribution is 2.12. The Morgan fingerprint density at radius 2 is 1.72 bits per heavy atom. The van der Waals surface area contributed by atoms with E-state index in [1.807, 2.05) is 0 Å². The zero-order chi connectivity index (χ0) is 13.8. The third-order valence-electron chi connectivity index (χ3n) is 1.73. The fourth-order valence-corrected chi connectivity index (χ4v) is 1.95. The van der Waals surface area contributed by atoms with Crippen molar-refractivity contribution in [3.8, 4) is 0 Å². The van der Waals surface area contributed by atoms with Gasteiger partial charge in [0.05, 0.1) is 4.90 Å². The van der Waals surface area contributed by atoms with Gasteiger partial charge in [0.25, 0.3) is 10.0 Å². The Labute approximate surface area is 101 Å². The molecule has 0 aliphatic carbocycles. The fraction of sp³-hybridized carbons (Fsp3) is 0.222. The lowest BCUT2D eigenvalue weighted by Crippen LogP contribution is -2.43. The summed E-state index contributed by atoms with van der Waals surface area (Å²) < 4.78 is 59.8. The maximum atomic E-state index is 11.8. The van der Waals surface area contributed by atoms with Crippen LogP contribution in [-0.4, -0.2) is 27.2 Å². The molecule has 0 aliphatic heterocycles. The maximum absolute atomic E-state index is 11.8. The van der Waals surface area contributed by atoms with Gasteiger partial charge >= 0.3 is 12.2 Å². The van der Waals surface area contributed by atoms with Crippen LogP contribution in [0, 0.1) is 0 Å². The molecule has 18 heavy (non-hydrogen) atoms. The molecular weight excluding hydrogens is 273 g/mol. The Hall–Kier alpha value is -1.77. The zero-order valence-electron chi connectivity index (χ0n) is 8.86. The van der Waals surface area contributed by atoms with Crippen LogP contribution in [0.3, 0.4) is 0 Å². The highest BCUT2D eigenvalue weighted by Gasteiger charge is 2.28. The number of carbonyl (C=O) groups is 1. The van der Waals surface area contributed by atoms with E-state index in [4.69, 9.17) is 0 Å². The highest BCUT2D eigenvalue weighted by molar-refractivity contribution is 7.90. The van der Waals surface area contributed by atoms with Crippen molar-refractivity contribution in [1.82, 2.24) is 10.0 Å². The van der Waals surface area contributed by atoms with E-state index < -0.39 is 28.8 Å². The van der Waals surface area contributed by atoms with Crippen LogP contribution in [0.4, 0.5) is 18.0 Å². The van der Waals surface area contributed by atoms with Crippen molar-refractivity contribution in [3.05, 3.63) is 30.3 Å². The van der Waals surface area contributed by atoms with Gasteiger partial charge in [-0.15, -0.1) is 0 Å². The molecule has 0 radical (unpaired) electrons. The van der Waals surface area contributed by atoms with Gasteiger partial charge in [-0.05, 0) is 12.1 Å². The monoisotopic (exact) mass is 282 g/mol. The number of nitrogens with one attached hydrogen (secondary N) is 2. The van der Waals surface area contributed by atoms with Gasteiger partial charge in [0.2, 0.25) is 0 Å². The van der Waals surface area contributed by atoms with Crippen molar-refractivity contribution in [2.45, 2.75) is 11.1 Å². The van der Waals surface area contributed by atoms with Crippen LogP contribution in [0.25, 0.3) is 0 Å². The number of rotatable bonds is 3. The van der Waals surface area contributed by atoms with E-state index >= 15 is 0 Å². The molecule has 5 nitrogen and oxygen atoms in total. The largest absolute Gasteiger partial charge is 0.405 e. The first-order chi connectivity index (χ1) is 8.21. The molecule has 0 bridgehead atoms. The summed E-state index contributed by atoms with van der Waals surface area (Å²) >= 11 is 0. The summed E-state index contributed by atoms with van der Waals surface area (Å²) in [7, 11) is -4.16. The smallest absolute Gasteiger partial charge is 0.328 e. The van der Waals surface area contributed by atoms with Crippen molar-refractivity contribution in [1.29, 1.82) is 0 Å². The van der Waals surface area contributed by atoms with Gasteiger partial charge in [0.1, 0.15) is 6.54 Å². The molecule has 0 heterocycles. The quantitative estimate of drug-likeness (QED) is 0.875. The molecule has 1 aromatic rings. The van der Waals surface area contributed by atoms with Crippen molar-refractivity contribution < 1.29 is 26.4 Å². The van der Waals surface area contributed by atoms with Crippen molar-refractivity contribution in [3.63, 3.8) is 0 Å². The summed E-state index contributed by atoms with van der Waals surface area (Å²) in [6.07, 6.45) is -4.60. The lowest BCUT2D eigenvalue weighted by Gasteiger charge is -2.10. The zero-order valence-corrected chi connectivity index (χ0v) is 9.68. The molecule has 0 aromatic heterocycles. The van der Waals surface area contributed by atoms with Crippen LogP contribution >= 0.6 is 0 Å². The molecule has 1 rings (SSSR count). The normalized spacial score (nSPS) is 11.9. The molecule has 9 heteroatoms. The minimum absolute atomic E-state index is 0.216. The van der Waals surface area contributed by atoms with E-state index in [2.05, 4.69) is 0 Å². The van der Waals surface area contributed by atoms with E-state index in [9.17, 15) is 26.4 Å². The topological polar surface area (TPSA) is 75.3 Å². The molecule has 0 unspecified atom stereocenters. The van der Waals surface area contributed by atoms with Gasteiger partial charge in [-0.3, -0.25) is 0 Å². The lowest BCUT2D eigenvalue weighted by molar-refractivity contribution is -0.122. The van der Waals surface area contributed by atoms with Crippen LogP contribution < -0.4 is 10.0 Å². The van der Waals surface area contributed by atoms with Crippen molar-refractivity contribution in [2.75, 3.05) is 6.54 Å². The summed E-state index contributed by atoms with van der Waals surface area (Å²) in [6, 6.07) is 5.38. The van der Waals surface area contributed by atoms with E-state index in [0.29, 0.717) is 0 Å². The lowest BCUT2D eigenvalue weighted by atomic mass is 10.4. The number of benzene rings is 1. The van der Waals surface area contributed by atoms with E-state index in [-0.39, 0.29) is 4.90 Å². The minimum Gasteiger partial charge on any atom is -0.328 e. The highest BCUT2D eigenvalue weighted by atomic mass is 32.2. The van der Waals surface area contributed by atoms with Crippen LogP contribution in [0.1, 0.15) is 0 Å². The van der Waals surface area contributed by atoms with Crippen LogP contribution in [0.15, 0.2) is 35.2 Å². The molecule has 2 N–H and O–H groups in total. The molecule has 1 aromatic carbocycles. The average Bonchev–Trinajstić information content (AvgIpc) is 2.26. The Kier molecular flexibility index (Phi) is 4.17. The Morgan fingerprint density at radius 3 is 2.22 bits per heavy atom. The number of urea groups is 1. The number of halogens is 3. The minimum atomic E-state index is -4.60. The third-order valence-corrected chi connectivity index (χ3v) is 3.08. The molecule has 0 spiro atoms. The Balaban J connectivity index is 2.65. The predicted molar refractivity (Wildman–Crippen MR) is 56.2 cm³/mol. The molecule has 2 amide bonds. The predicted octanol–water partition coefficient (Wildman–Crippen LogP) is 1.24. The van der Waals surface area contributed by atoms with Crippen LogP contribution in [-0.2, 0) is 10.0 Å². The number of sulfonamides is 1. The van der Waals surface area contributed by atoms with Gasteiger partial charge in [0, 0.05) is 0 Å².